The molecular weight excluding hydrogens is 571 g/mol. The number of nitrogens with zero attached hydrogens (tertiary/aromatic N) is 1. The highest BCUT2D eigenvalue weighted by Gasteiger charge is 2.31. The molecule has 0 bridgehead atoms. The maximum atomic E-state index is 12.5. The van der Waals surface area contributed by atoms with Crippen LogP contribution in [0.5, 0.6) is 28.7 Å². The van der Waals surface area contributed by atoms with Crippen molar-refractivity contribution in [3.8, 4) is 39.9 Å². The van der Waals surface area contributed by atoms with Crippen LogP contribution in [0.3, 0.4) is 0 Å². The van der Waals surface area contributed by atoms with Crippen LogP contribution < -0.4 is 18.9 Å². The number of ether oxygens (including phenoxy) is 5. The molecule has 216 valence electrons. The number of carbonyl (C=O) groups is 1. The SMILES string of the molecule is COc1cc2nc(C)c(-c3ccc(Oc4ccc(OC(F)(F)F)cc4)cc3)c(OC(=O)OCC(O)CO)c2cc1Cl. The summed E-state index contributed by atoms with van der Waals surface area (Å²) in [7, 11) is 1.45. The Morgan fingerprint density at radius 3 is 2.22 bits per heavy atom. The number of rotatable bonds is 9. The Morgan fingerprint density at radius 1 is 1.02 bits per heavy atom. The number of pyridine rings is 1. The van der Waals surface area contributed by atoms with Gasteiger partial charge in [0.05, 0.1) is 24.3 Å². The average molecular weight is 594 g/mol. The predicted octanol–water partition coefficient (Wildman–Crippen LogP) is 6.43. The molecule has 0 aliphatic rings. The largest absolute Gasteiger partial charge is 0.573 e. The smallest absolute Gasteiger partial charge is 0.495 e. The molecule has 4 rings (SSSR count). The van der Waals surface area contributed by atoms with E-state index in [1.165, 1.54) is 25.3 Å². The summed E-state index contributed by atoms with van der Waals surface area (Å²) in [5.41, 5.74) is 1.90. The molecule has 3 aromatic carbocycles. The van der Waals surface area contributed by atoms with Crippen molar-refractivity contribution in [1.82, 2.24) is 4.98 Å². The van der Waals surface area contributed by atoms with Crippen molar-refractivity contribution in [3.63, 3.8) is 0 Å². The average Bonchev–Trinajstić information content (AvgIpc) is 2.93. The fourth-order valence-corrected chi connectivity index (χ4v) is 4.06. The molecule has 1 atom stereocenters. The molecule has 0 saturated heterocycles. The number of aryl methyl sites for hydroxylation is 1. The molecule has 0 amide bonds. The van der Waals surface area contributed by atoms with Crippen LogP contribution >= 0.6 is 11.6 Å². The molecule has 4 aromatic rings. The van der Waals surface area contributed by atoms with E-state index in [0.29, 0.717) is 39.2 Å². The summed E-state index contributed by atoms with van der Waals surface area (Å²) >= 11 is 6.35. The minimum Gasteiger partial charge on any atom is -0.495 e. The van der Waals surface area contributed by atoms with Gasteiger partial charge in [-0.3, -0.25) is 4.98 Å². The first kappa shape index (κ1) is 29.7. The Morgan fingerprint density at radius 2 is 1.63 bits per heavy atom. The number of methoxy groups -OCH3 is 1. The number of fused-ring (bicyclic) bond motifs is 1. The molecule has 0 spiro atoms. The number of alkyl halides is 3. The van der Waals surface area contributed by atoms with Crippen LogP contribution in [-0.4, -0.2) is 54.1 Å². The van der Waals surface area contributed by atoms with E-state index in [-0.39, 0.29) is 22.3 Å². The van der Waals surface area contributed by atoms with Crippen molar-refractivity contribution < 1.29 is 51.9 Å². The molecule has 0 radical (unpaired) electrons. The zero-order valence-electron chi connectivity index (χ0n) is 21.6. The zero-order valence-corrected chi connectivity index (χ0v) is 22.3. The third-order valence-electron chi connectivity index (χ3n) is 5.62. The van der Waals surface area contributed by atoms with Gasteiger partial charge in [0.25, 0.3) is 0 Å². The molecule has 0 aliphatic carbocycles. The van der Waals surface area contributed by atoms with Gasteiger partial charge >= 0.3 is 12.5 Å². The first-order valence-electron chi connectivity index (χ1n) is 11.9. The highest BCUT2D eigenvalue weighted by Crippen LogP contribution is 2.42. The lowest BCUT2D eigenvalue weighted by molar-refractivity contribution is -0.274. The van der Waals surface area contributed by atoms with Gasteiger partial charge in [0, 0.05) is 22.7 Å². The van der Waals surface area contributed by atoms with Gasteiger partial charge in [0.1, 0.15) is 35.7 Å². The number of aliphatic hydroxyl groups is 2. The molecule has 1 heterocycles. The summed E-state index contributed by atoms with van der Waals surface area (Å²) in [6, 6.07) is 14.6. The summed E-state index contributed by atoms with van der Waals surface area (Å²) in [4.78, 5) is 17.1. The van der Waals surface area contributed by atoms with E-state index >= 15 is 0 Å². The number of carbonyl (C=O) groups excluding carboxylic acids is 1. The second-order valence-electron chi connectivity index (χ2n) is 8.55. The van der Waals surface area contributed by atoms with Crippen LogP contribution in [0.15, 0.2) is 60.7 Å². The first-order valence-corrected chi connectivity index (χ1v) is 12.3. The quantitative estimate of drug-likeness (QED) is 0.212. The fourth-order valence-electron chi connectivity index (χ4n) is 3.82. The predicted molar refractivity (Wildman–Crippen MR) is 142 cm³/mol. The summed E-state index contributed by atoms with van der Waals surface area (Å²) < 4.78 is 62.5. The van der Waals surface area contributed by atoms with Gasteiger partial charge in [-0.15, -0.1) is 13.2 Å². The van der Waals surface area contributed by atoms with Crippen molar-refractivity contribution in [2.75, 3.05) is 20.3 Å². The monoisotopic (exact) mass is 593 g/mol. The lowest BCUT2D eigenvalue weighted by Gasteiger charge is -2.17. The Kier molecular flexibility index (Phi) is 9.06. The molecule has 0 fully saturated rings. The Labute approximate surface area is 236 Å². The number of hydrogen-bond acceptors (Lipinski definition) is 9. The lowest BCUT2D eigenvalue weighted by atomic mass is 10.00. The van der Waals surface area contributed by atoms with E-state index in [1.54, 1.807) is 37.3 Å². The molecule has 41 heavy (non-hydrogen) atoms. The van der Waals surface area contributed by atoms with Crippen LogP contribution in [0.2, 0.25) is 5.02 Å². The van der Waals surface area contributed by atoms with Crippen molar-refractivity contribution in [2.24, 2.45) is 0 Å². The van der Waals surface area contributed by atoms with Gasteiger partial charge < -0.3 is 33.9 Å². The van der Waals surface area contributed by atoms with E-state index in [4.69, 9.17) is 35.7 Å². The number of halogens is 4. The third kappa shape index (κ3) is 7.48. The van der Waals surface area contributed by atoms with Gasteiger partial charge in [-0.25, -0.2) is 4.79 Å². The standard InChI is InChI=1S/C28H23ClF3NO8/c1-15-25(16-3-5-18(6-4-16)39-19-7-9-20(10-8-19)41-28(30,31)32)26(40-27(36)38-14-17(35)13-34)21-11-22(29)24(37-2)12-23(21)33-15/h3-12,17,34-35H,13-14H2,1-2H3. The minimum absolute atomic E-state index is 0.0782. The highest BCUT2D eigenvalue weighted by molar-refractivity contribution is 6.33. The molecule has 0 saturated carbocycles. The van der Waals surface area contributed by atoms with Crippen LogP contribution in [-0.2, 0) is 4.74 Å². The maximum Gasteiger partial charge on any atom is 0.573 e. The summed E-state index contributed by atoms with van der Waals surface area (Å²) in [5, 5.41) is 19.1. The Hall–Kier alpha value is -4.26. The molecule has 13 heteroatoms. The molecule has 2 N–H and O–H groups in total. The van der Waals surface area contributed by atoms with Crippen molar-refractivity contribution in [1.29, 1.82) is 0 Å². The highest BCUT2D eigenvalue weighted by atomic mass is 35.5. The van der Waals surface area contributed by atoms with E-state index in [9.17, 15) is 23.1 Å². The fraction of sp³-hybridized carbons (Fsp3) is 0.214. The van der Waals surface area contributed by atoms with Gasteiger partial charge in [-0.05, 0) is 55.0 Å². The van der Waals surface area contributed by atoms with E-state index in [2.05, 4.69) is 9.72 Å². The van der Waals surface area contributed by atoms with Crippen LogP contribution in [0, 0.1) is 6.92 Å². The second-order valence-corrected chi connectivity index (χ2v) is 8.96. The third-order valence-corrected chi connectivity index (χ3v) is 5.91. The van der Waals surface area contributed by atoms with Gasteiger partial charge in [0.15, 0.2) is 5.75 Å². The van der Waals surface area contributed by atoms with Gasteiger partial charge in [-0.2, -0.15) is 0 Å². The molecule has 9 nitrogen and oxygen atoms in total. The number of aromatic nitrogens is 1. The zero-order chi connectivity index (χ0) is 29.7. The van der Waals surface area contributed by atoms with E-state index < -0.39 is 31.8 Å². The maximum absolute atomic E-state index is 12.5. The topological polar surface area (TPSA) is 117 Å². The summed E-state index contributed by atoms with van der Waals surface area (Å²) in [5.74, 6) is 0.704. The number of hydrogen-bond donors (Lipinski definition) is 2. The minimum atomic E-state index is -4.80. The Balaban J connectivity index is 1.66. The van der Waals surface area contributed by atoms with Crippen molar-refractivity contribution in [2.45, 2.75) is 19.4 Å². The molecule has 1 unspecified atom stereocenters. The van der Waals surface area contributed by atoms with E-state index in [0.717, 1.165) is 12.1 Å². The van der Waals surface area contributed by atoms with Gasteiger partial charge in [0.2, 0.25) is 0 Å². The van der Waals surface area contributed by atoms with Crippen LogP contribution in [0.1, 0.15) is 5.69 Å². The molecule has 0 aliphatic heterocycles. The van der Waals surface area contributed by atoms with Crippen LogP contribution in [0.25, 0.3) is 22.0 Å². The summed E-state index contributed by atoms with van der Waals surface area (Å²) in [6.45, 7) is 0.611. The first-order chi connectivity index (χ1) is 19.5. The molecular formula is C28H23ClF3NO8. The number of aliphatic hydroxyl groups excluding tert-OH is 2. The van der Waals surface area contributed by atoms with Crippen molar-refractivity contribution in [3.05, 3.63) is 71.4 Å². The Bertz CT molecular complexity index is 1530. The second kappa shape index (κ2) is 12.5. The molecule has 1 aromatic heterocycles. The van der Waals surface area contributed by atoms with Crippen molar-refractivity contribution >= 4 is 28.7 Å². The van der Waals surface area contributed by atoms with Crippen LogP contribution in [0.4, 0.5) is 18.0 Å². The summed E-state index contributed by atoms with van der Waals surface area (Å²) in [6.07, 6.45) is -7.21. The number of benzene rings is 3. The normalized spacial score (nSPS) is 12.1. The van der Waals surface area contributed by atoms with E-state index in [1.807, 2.05) is 0 Å². The van der Waals surface area contributed by atoms with Gasteiger partial charge in [-0.1, -0.05) is 23.7 Å². The lowest BCUT2D eigenvalue weighted by Crippen LogP contribution is -2.23.